The summed E-state index contributed by atoms with van der Waals surface area (Å²) in [5.74, 6) is 1.42. The van der Waals surface area contributed by atoms with Crippen molar-refractivity contribution in [1.82, 2.24) is 9.88 Å². The third-order valence-corrected chi connectivity index (χ3v) is 6.71. The summed E-state index contributed by atoms with van der Waals surface area (Å²) in [4.78, 5) is 19.7. The molecule has 1 amide bonds. The second-order valence-corrected chi connectivity index (χ2v) is 9.40. The molecule has 1 fully saturated rings. The number of hydrogen-bond acceptors (Lipinski definition) is 5. The predicted octanol–water partition coefficient (Wildman–Crippen LogP) is 4.75. The molecule has 0 spiro atoms. The quantitative estimate of drug-likeness (QED) is 0.625. The van der Waals surface area contributed by atoms with E-state index < -0.39 is 0 Å². The van der Waals surface area contributed by atoms with E-state index in [1.165, 1.54) is 0 Å². The number of likely N-dealkylation sites (tertiary alicyclic amines) is 1. The van der Waals surface area contributed by atoms with Crippen molar-refractivity contribution in [2.75, 3.05) is 13.2 Å². The topological polar surface area (TPSA) is 51.7 Å². The van der Waals surface area contributed by atoms with Gasteiger partial charge < -0.3 is 14.4 Å². The molecule has 1 atom stereocenters. The van der Waals surface area contributed by atoms with Crippen LogP contribution in [0.5, 0.6) is 11.5 Å². The molecule has 150 valence electrons. The summed E-state index contributed by atoms with van der Waals surface area (Å²) in [6.07, 6.45) is 2.78. The lowest BCUT2D eigenvalue weighted by Crippen LogP contribution is -2.34. The van der Waals surface area contributed by atoms with Crippen molar-refractivity contribution in [1.29, 1.82) is 0 Å². The molecule has 6 heteroatoms. The van der Waals surface area contributed by atoms with Crippen LogP contribution in [0.4, 0.5) is 0 Å². The fraction of sp³-hybridized carbons (Fsp3) is 0.391. The second kappa shape index (κ2) is 7.02. The Balaban J connectivity index is 1.31. The van der Waals surface area contributed by atoms with Crippen molar-refractivity contribution in [3.63, 3.8) is 0 Å². The van der Waals surface area contributed by atoms with Crippen LogP contribution in [0.3, 0.4) is 0 Å². The Morgan fingerprint density at radius 1 is 1.28 bits per heavy atom. The molecule has 0 bridgehead atoms. The van der Waals surface area contributed by atoms with E-state index in [1.54, 1.807) is 11.3 Å². The second-order valence-electron chi connectivity index (χ2n) is 8.34. The molecule has 2 aliphatic heterocycles. The van der Waals surface area contributed by atoms with Crippen molar-refractivity contribution in [2.45, 2.75) is 44.8 Å². The van der Waals surface area contributed by atoms with Gasteiger partial charge in [-0.05, 0) is 44.9 Å². The van der Waals surface area contributed by atoms with Crippen molar-refractivity contribution < 1.29 is 14.3 Å². The summed E-state index contributed by atoms with van der Waals surface area (Å²) in [5, 5.41) is 1.02. The van der Waals surface area contributed by atoms with Crippen LogP contribution in [-0.2, 0) is 11.2 Å². The van der Waals surface area contributed by atoms with Gasteiger partial charge >= 0.3 is 0 Å². The first-order valence-electron chi connectivity index (χ1n) is 10.1. The summed E-state index contributed by atoms with van der Waals surface area (Å²) < 4.78 is 13.1. The van der Waals surface area contributed by atoms with E-state index in [0.29, 0.717) is 5.75 Å². The molecule has 0 N–H and O–H groups in total. The number of benzene rings is 2. The maximum Gasteiger partial charge on any atom is 0.261 e. The third kappa shape index (κ3) is 3.46. The van der Waals surface area contributed by atoms with Crippen molar-refractivity contribution in [3.8, 4) is 11.5 Å². The Kier molecular flexibility index (Phi) is 4.46. The van der Waals surface area contributed by atoms with E-state index in [2.05, 4.69) is 26.0 Å². The highest BCUT2D eigenvalue weighted by Gasteiger charge is 2.34. The van der Waals surface area contributed by atoms with Crippen LogP contribution in [0.15, 0.2) is 42.5 Å². The van der Waals surface area contributed by atoms with Gasteiger partial charge in [-0.15, -0.1) is 11.3 Å². The molecule has 5 rings (SSSR count). The highest BCUT2D eigenvalue weighted by molar-refractivity contribution is 7.18. The molecule has 0 aliphatic carbocycles. The maximum absolute atomic E-state index is 13.0. The van der Waals surface area contributed by atoms with Gasteiger partial charge in [0, 0.05) is 18.5 Å². The van der Waals surface area contributed by atoms with Crippen LogP contribution in [0.25, 0.3) is 10.2 Å². The standard InChI is InChI=1S/C23H24N2O3S/c1-23(2)13-15-7-5-10-18(21(15)28-23)27-14-20(26)25-12-6-9-17(25)22-24-16-8-3-4-11-19(16)29-22/h3-5,7-8,10-11,17H,6,9,12-14H2,1-2H3. The van der Waals surface area contributed by atoms with E-state index in [1.807, 2.05) is 35.2 Å². The van der Waals surface area contributed by atoms with Crippen LogP contribution in [0.1, 0.15) is 43.3 Å². The van der Waals surface area contributed by atoms with Crippen molar-refractivity contribution in [3.05, 3.63) is 53.0 Å². The number of carbonyl (C=O) groups excluding carboxylic acids is 1. The normalized spacial score (nSPS) is 19.9. The predicted molar refractivity (Wildman–Crippen MR) is 114 cm³/mol. The number of fused-ring (bicyclic) bond motifs is 2. The first-order valence-corrected chi connectivity index (χ1v) is 10.9. The highest BCUT2D eigenvalue weighted by atomic mass is 32.1. The van der Waals surface area contributed by atoms with E-state index in [0.717, 1.165) is 52.3 Å². The molecule has 0 saturated carbocycles. The smallest absolute Gasteiger partial charge is 0.261 e. The van der Waals surface area contributed by atoms with Gasteiger partial charge in [0.1, 0.15) is 10.6 Å². The van der Waals surface area contributed by atoms with Gasteiger partial charge in [0.2, 0.25) is 0 Å². The van der Waals surface area contributed by atoms with Gasteiger partial charge in [0.05, 0.1) is 16.3 Å². The molecule has 2 aromatic carbocycles. The van der Waals surface area contributed by atoms with E-state index in [9.17, 15) is 4.79 Å². The van der Waals surface area contributed by atoms with Crippen molar-refractivity contribution >= 4 is 27.5 Å². The summed E-state index contributed by atoms with van der Waals surface area (Å²) in [6.45, 7) is 4.89. The molecule has 29 heavy (non-hydrogen) atoms. The van der Waals surface area contributed by atoms with Gasteiger partial charge in [0.25, 0.3) is 5.91 Å². The zero-order valence-corrected chi connectivity index (χ0v) is 17.5. The summed E-state index contributed by atoms with van der Waals surface area (Å²) in [7, 11) is 0. The summed E-state index contributed by atoms with van der Waals surface area (Å²) in [5.41, 5.74) is 1.90. The molecule has 1 unspecified atom stereocenters. The molecule has 5 nitrogen and oxygen atoms in total. The number of aromatic nitrogens is 1. The molecule has 3 heterocycles. The number of nitrogens with zero attached hydrogens (tertiary/aromatic N) is 2. The van der Waals surface area contributed by atoms with Gasteiger partial charge in [-0.1, -0.05) is 24.3 Å². The first-order chi connectivity index (χ1) is 14.0. The number of thiazole rings is 1. The number of ether oxygens (including phenoxy) is 2. The number of hydrogen-bond donors (Lipinski definition) is 0. The lowest BCUT2D eigenvalue weighted by atomic mass is 10.0. The SMILES string of the molecule is CC1(C)Cc2cccc(OCC(=O)N3CCCC3c3nc4ccccc4s3)c2O1. The lowest BCUT2D eigenvalue weighted by molar-refractivity contribution is -0.134. The number of rotatable bonds is 4. The Morgan fingerprint density at radius 2 is 2.14 bits per heavy atom. The van der Waals surface area contributed by atoms with E-state index in [-0.39, 0.29) is 24.2 Å². The van der Waals surface area contributed by atoms with E-state index in [4.69, 9.17) is 14.5 Å². The average molecular weight is 409 g/mol. The van der Waals surface area contributed by atoms with Gasteiger partial charge in [-0.2, -0.15) is 0 Å². The molecule has 1 aromatic heterocycles. The van der Waals surface area contributed by atoms with Crippen molar-refractivity contribution in [2.24, 2.45) is 0 Å². The zero-order chi connectivity index (χ0) is 20.0. The fourth-order valence-electron chi connectivity index (χ4n) is 4.28. The van der Waals surface area contributed by atoms with Gasteiger partial charge in [0.15, 0.2) is 18.1 Å². The highest BCUT2D eigenvalue weighted by Crippen LogP contribution is 2.42. The molecular formula is C23H24N2O3S. The minimum Gasteiger partial charge on any atom is -0.483 e. The van der Waals surface area contributed by atoms with Crippen LogP contribution in [0.2, 0.25) is 0 Å². The third-order valence-electron chi connectivity index (χ3n) is 5.57. The van der Waals surface area contributed by atoms with Gasteiger partial charge in [-0.3, -0.25) is 4.79 Å². The molecule has 1 saturated heterocycles. The minimum atomic E-state index is -0.237. The van der Waals surface area contributed by atoms with Gasteiger partial charge in [-0.25, -0.2) is 4.98 Å². The Hall–Kier alpha value is -2.60. The monoisotopic (exact) mass is 408 g/mol. The largest absolute Gasteiger partial charge is 0.483 e. The minimum absolute atomic E-state index is 0.00150. The molecule has 2 aliphatic rings. The number of carbonyl (C=O) groups is 1. The Labute approximate surface area is 174 Å². The average Bonchev–Trinajstić information content (AvgIpc) is 3.40. The summed E-state index contributed by atoms with van der Waals surface area (Å²) in [6, 6.07) is 14.1. The van der Waals surface area contributed by atoms with E-state index >= 15 is 0 Å². The Bertz CT molecular complexity index is 1040. The fourth-order valence-corrected chi connectivity index (χ4v) is 5.39. The number of para-hydroxylation sites is 2. The van der Waals surface area contributed by atoms with Crippen LogP contribution < -0.4 is 9.47 Å². The lowest BCUT2D eigenvalue weighted by Gasteiger charge is -2.23. The molecule has 0 radical (unpaired) electrons. The van der Waals surface area contributed by atoms with Crippen LogP contribution >= 0.6 is 11.3 Å². The first kappa shape index (κ1) is 18.4. The molecule has 3 aromatic rings. The van der Waals surface area contributed by atoms with Crippen LogP contribution in [-0.4, -0.2) is 34.5 Å². The zero-order valence-electron chi connectivity index (χ0n) is 16.7. The Morgan fingerprint density at radius 3 is 3.00 bits per heavy atom. The number of amides is 1. The molecular weight excluding hydrogens is 384 g/mol. The summed E-state index contributed by atoms with van der Waals surface area (Å²) >= 11 is 1.68. The maximum atomic E-state index is 13.0. The van der Waals surface area contributed by atoms with Crippen LogP contribution in [0, 0.1) is 0 Å².